The first kappa shape index (κ1) is 13.6. The molecule has 0 unspecified atom stereocenters. The van der Waals surface area contributed by atoms with Crippen molar-refractivity contribution in [1.29, 1.82) is 5.26 Å². The standard InChI is InChI=1S/C15H12BrFN2/c1-2-11-7-12(16)3-4-15(11)19-14-6-10(9-18)5-13(17)8-14/h3-8,19H,2H2,1H3. The van der Waals surface area contributed by atoms with Crippen LogP contribution >= 0.6 is 15.9 Å². The molecule has 2 rings (SSSR count). The van der Waals surface area contributed by atoms with Gasteiger partial charge in [0.2, 0.25) is 0 Å². The molecule has 0 amide bonds. The summed E-state index contributed by atoms with van der Waals surface area (Å²) in [5.74, 6) is -0.420. The molecular weight excluding hydrogens is 307 g/mol. The first-order valence-electron chi connectivity index (χ1n) is 5.88. The van der Waals surface area contributed by atoms with Gasteiger partial charge in [0.15, 0.2) is 0 Å². The van der Waals surface area contributed by atoms with Gasteiger partial charge in [0.1, 0.15) is 5.82 Å². The minimum atomic E-state index is -0.420. The van der Waals surface area contributed by atoms with Crippen molar-refractivity contribution in [2.24, 2.45) is 0 Å². The van der Waals surface area contributed by atoms with E-state index in [1.165, 1.54) is 12.1 Å². The third-order valence-corrected chi connectivity index (χ3v) is 3.25. The summed E-state index contributed by atoms with van der Waals surface area (Å²) in [6, 6.07) is 12.0. The maximum atomic E-state index is 13.4. The number of rotatable bonds is 3. The van der Waals surface area contributed by atoms with Gasteiger partial charge in [-0.05, 0) is 48.4 Å². The SMILES string of the molecule is CCc1cc(Br)ccc1Nc1cc(F)cc(C#N)c1. The minimum absolute atomic E-state index is 0.303. The highest BCUT2D eigenvalue weighted by Gasteiger charge is 2.05. The predicted octanol–water partition coefficient (Wildman–Crippen LogP) is 4.77. The summed E-state index contributed by atoms with van der Waals surface area (Å²) in [5.41, 5.74) is 2.92. The molecule has 2 aromatic rings. The molecule has 0 aliphatic rings. The Balaban J connectivity index is 2.36. The first-order valence-corrected chi connectivity index (χ1v) is 6.68. The van der Waals surface area contributed by atoms with E-state index in [0.717, 1.165) is 22.1 Å². The fourth-order valence-electron chi connectivity index (χ4n) is 1.86. The molecule has 96 valence electrons. The van der Waals surface area contributed by atoms with Gasteiger partial charge in [-0.3, -0.25) is 0 Å². The molecule has 2 aromatic carbocycles. The average Bonchev–Trinajstić information content (AvgIpc) is 2.40. The Kier molecular flexibility index (Phi) is 4.18. The summed E-state index contributed by atoms with van der Waals surface area (Å²) in [5, 5.41) is 12.0. The molecule has 0 fully saturated rings. The first-order chi connectivity index (χ1) is 9.12. The highest BCUT2D eigenvalue weighted by Crippen LogP contribution is 2.25. The van der Waals surface area contributed by atoms with Gasteiger partial charge >= 0.3 is 0 Å². The number of nitrogens with one attached hydrogen (secondary N) is 1. The molecule has 0 saturated heterocycles. The quantitative estimate of drug-likeness (QED) is 0.885. The van der Waals surface area contributed by atoms with E-state index >= 15 is 0 Å². The molecule has 0 aliphatic carbocycles. The van der Waals surface area contributed by atoms with E-state index in [2.05, 4.69) is 28.2 Å². The van der Waals surface area contributed by atoms with E-state index in [-0.39, 0.29) is 0 Å². The van der Waals surface area contributed by atoms with Crippen LogP contribution in [0.2, 0.25) is 0 Å². The fraction of sp³-hybridized carbons (Fsp3) is 0.133. The van der Waals surface area contributed by atoms with Crippen molar-refractivity contribution in [3.05, 3.63) is 57.8 Å². The maximum Gasteiger partial charge on any atom is 0.126 e. The molecule has 1 N–H and O–H groups in total. The second kappa shape index (κ2) is 5.85. The van der Waals surface area contributed by atoms with Crippen LogP contribution in [0, 0.1) is 17.1 Å². The summed E-state index contributed by atoms with van der Waals surface area (Å²) in [4.78, 5) is 0. The number of halogens is 2. The van der Waals surface area contributed by atoms with Gasteiger partial charge in [-0.25, -0.2) is 4.39 Å². The van der Waals surface area contributed by atoms with E-state index in [9.17, 15) is 4.39 Å². The van der Waals surface area contributed by atoms with Gasteiger partial charge in [0, 0.05) is 15.8 Å². The number of benzene rings is 2. The third kappa shape index (κ3) is 3.33. The van der Waals surface area contributed by atoms with Crippen LogP contribution in [0.4, 0.5) is 15.8 Å². The van der Waals surface area contributed by atoms with Crippen molar-refractivity contribution in [1.82, 2.24) is 0 Å². The van der Waals surface area contributed by atoms with E-state index in [1.54, 1.807) is 6.07 Å². The van der Waals surface area contributed by atoms with Crippen molar-refractivity contribution in [3.8, 4) is 6.07 Å². The van der Waals surface area contributed by atoms with Crippen molar-refractivity contribution < 1.29 is 4.39 Å². The van der Waals surface area contributed by atoms with Crippen molar-refractivity contribution >= 4 is 27.3 Å². The zero-order valence-corrected chi connectivity index (χ0v) is 12.0. The van der Waals surface area contributed by atoms with E-state index in [1.807, 2.05) is 24.3 Å². The predicted molar refractivity (Wildman–Crippen MR) is 77.9 cm³/mol. The van der Waals surface area contributed by atoms with Crippen LogP contribution in [-0.2, 0) is 6.42 Å². The molecule has 0 heterocycles. The van der Waals surface area contributed by atoms with Crippen molar-refractivity contribution in [3.63, 3.8) is 0 Å². The molecule has 0 spiro atoms. The number of nitriles is 1. The van der Waals surface area contributed by atoms with Crippen LogP contribution in [-0.4, -0.2) is 0 Å². The maximum absolute atomic E-state index is 13.4. The fourth-order valence-corrected chi connectivity index (χ4v) is 2.27. The Morgan fingerprint density at radius 2 is 2.05 bits per heavy atom. The Bertz CT molecular complexity index is 647. The second-order valence-corrected chi connectivity index (χ2v) is 5.04. The zero-order chi connectivity index (χ0) is 13.8. The van der Waals surface area contributed by atoms with Crippen LogP contribution in [0.25, 0.3) is 0 Å². The Morgan fingerprint density at radius 1 is 1.26 bits per heavy atom. The van der Waals surface area contributed by atoms with Gasteiger partial charge in [-0.1, -0.05) is 22.9 Å². The number of hydrogen-bond acceptors (Lipinski definition) is 2. The van der Waals surface area contributed by atoms with Gasteiger partial charge in [-0.2, -0.15) is 5.26 Å². The number of anilines is 2. The van der Waals surface area contributed by atoms with Gasteiger partial charge < -0.3 is 5.32 Å². The summed E-state index contributed by atoms with van der Waals surface area (Å²) in [6.07, 6.45) is 0.863. The van der Waals surface area contributed by atoms with E-state index in [0.29, 0.717) is 11.3 Å². The van der Waals surface area contributed by atoms with Crippen LogP contribution < -0.4 is 5.32 Å². The third-order valence-electron chi connectivity index (χ3n) is 2.75. The van der Waals surface area contributed by atoms with Gasteiger partial charge in [0.25, 0.3) is 0 Å². The molecule has 0 bridgehead atoms. The van der Waals surface area contributed by atoms with Crippen molar-refractivity contribution in [2.75, 3.05) is 5.32 Å². The molecule has 0 aliphatic heterocycles. The topological polar surface area (TPSA) is 35.8 Å². The summed E-state index contributed by atoms with van der Waals surface area (Å²) >= 11 is 3.43. The Morgan fingerprint density at radius 3 is 2.74 bits per heavy atom. The lowest BCUT2D eigenvalue weighted by Gasteiger charge is -2.12. The molecular formula is C15H12BrFN2. The van der Waals surface area contributed by atoms with Crippen molar-refractivity contribution in [2.45, 2.75) is 13.3 Å². The summed E-state index contributed by atoms with van der Waals surface area (Å²) in [6.45, 7) is 2.05. The molecule has 0 atom stereocenters. The number of nitrogens with zero attached hydrogens (tertiary/aromatic N) is 1. The normalized spacial score (nSPS) is 10.0. The molecule has 4 heteroatoms. The van der Waals surface area contributed by atoms with Gasteiger partial charge in [0.05, 0.1) is 11.6 Å². The van der Waals surface area contributed by atoms with Gasteiger partial charge in [-0.15, -0.1) is 0 Å². The number of aryl methyl sites for hydroxylation is 1. The van der Waals surface area contributed by atoms with E-state index in [4.69, 9.17) is 5.26 Å². The molecule has 2 nitrogen and oxygen atoms in total. The number of hydrogen-bond donors (Lipinski definition) is 1. The minimum Gasteiger partial charge on any atom is -0.355 e. The lowest BCUT2D eigenvalue weighted by molar-refractivity contribution is 0.628. The highest BCUT2D eigenvalue weighted by molar-refractivity contribution is 9.10. The Labute approximate surface area is 120 Å². The smallest absolute Gasteiger partial charge is 0.126 e. The van der Waals surface area contributed by atoms with Crippen LogP contribution in [0.15, 0.2) is 40.9 Å². The molecule has 0 radical (unpaired) electrons. The average molecular weight is 319 g/mol. The molecule has 0 saturated carbocycles. The van der Waals surface area contributed by atoms with Crippen LogP contribution in [0.5, 0.6) is 0 Å². The largest absolute Gasteiger partial charge is 0.355 e. The van der Waals surface area contributed by atoms with E-state index < -0.39 is 5.82 Å². The van der Waals surface area contributed by atoms with Crippen LogP contribution in [0.3, 0.4) is 0 Å². The lowest BCUT2D eigenvalue weighted by atomic mass is 10.1. The monoisotopic (exact) mass is 318 g/mol. The molecule has 19 heavy (non-hydrogen) atoms. The highest BCUT2D eigenvalue weighted by atomic mass is 79.9. The van der Waals surface area contributed by atoms with Crippen LogP contribution in [0.1, 0.15) is 18.1 Å². The second-order valence-electron chi connectivity index (χ2n) is 4.12. The lowest BCUT2D eigenvalue weighted by Crippen LogP contribution is -1.96. The Hall–Kier alpha value is -1.86. The summed E-state index contributed by atoms with van der Waals surface area (Å²) < 4.78 is 14.4. The zero-order valence-electron chi connectivity index (χ0n) is 10.4. The molecule has 0 aromatic heterocycles. The summed E-state index contributed by atoms with van der Waals surface area (Å²) in [7, 11) is 0.